The van der Waals surface area contributed by atoms with E-state index in [1.807, 2.05) is 0 Å². The van der Waals surface area contributed by atoms with Crippen LogP contribution in [-0.4, -0.2) is 11.7 Å². The van der Waals surface area contributed by atoms with E-state index in [9.17, 15) is 5.11 Å². The summed E-state index contributed by atoms with van der Waals surface area (Å²) in [6.45, 7) is 0.457. The lowest BCUT2D eigenvalue weighted by Crippen LogP contribution is -2.10. The number of phenols is 1. The average molecular weight is 166 g/mol. The number of ether oxygens (including phenoxy) is 1. The zero-order valence-corrected chi connectivity index (χ0v) is 6.45. The first-order valence-corrected chi connectivity index (χ1v) is 3.69. The van der Waals surface area contributed by atoms with Crippen LogP contribution in [0.15, 0.2) is 12.1 Å². The molecule has 0 aromatic heterocycles. The van der Waals surface area contributed by atoms with Crippen LogP contribution in [0.3, 0.4) is 0 Å². The summed E-state index contributed by atoms with van der Waals surface area (Å²) in [5.74, 6) is 0.743. The first-order valence-electron chi connectivity index (χ1n) is 3.69. The third-order valence-electron chi connectivity index (χ3n) is 1.98. The fourth-order valence-corrected chi connectivity index (χ4v) is 1.28. The van der Waals surface area contributed by atoms with Crippen molar-refractivity contribution in [1.29, 1.82) is 0 Å². The average Bonchev–Trinajstić information content (AvgIpc) is 2.35. The Morgan fingerprint density at radius 2 is 2.25 bits per heavy atom. The molecular weight excluding hydrogens is 156 g/mol. The molecule has 1 aliphatic rings. The molecule has 5 N–H and O–H groups in total. The van der Waals surface area contributed by atoms with E-state index in [2.05, 4.69) is 0 Å². The smallest absolute Gasteiger partial charge is 0.139 e. The molecule has 4 heteroatoms. The van der Waals surface area contributed by atoms with Crippen LogP contribution in [0.25, 0.3) is 0 Å². The number of nitrogen functional groups attached to an aromatic ring is 1. The zero-order valence-electron chi connectivity index (χ0n) is 6.45. The van der Waals surface area contributed by atoms with Gasteiger partial charge in [-0.1, -0.05) is 0 Å². The van der Waals surface area contributed by atoms with Crippen molar-refractivity contribution in [2.45, 2.75) is 6.04 Å². The van der Waals surface area contributed by atoms with Crippen LogP contribution in [0.1, 0.15) is 11.6 Å². The fraction of sp³-hybridized carbons (Fsp3) is 0.250. The number of benzene rings is 1. The van der Waals surface area contributed by atoms with Crippen molar-refractivity contribution in [2.24, 2.45) is 5.73 Å². The Hall–Kier alpha value is -1.42. The Kier molecular flexibility index (Phi) is 1.38. The maximum absolute atomic E-state index is 9.27. The Morgan fingerprint density at radius 1 is 1.50 bits per heavy atom. The SMILES string of the molecule is Nc1cc2c(cc1O)[C@H](N)CO2. The first kappa shape index (κ1) is 7.24. The van der Waals surface area contributed by atoms with Gasteiger partial charge in [0.15, 0.2) is 0 Å². The molecule has 0 spiro atoms. The molecular formula is C8H10N2O2. The van der Waals surface area contributed by atoms with Gasteiger partial charge in [0.05, 0.1) is 11.7 Å². The van der Waals surface area contributed by atoms with E-state index >= 15 is 0 Å². The van der Waals surface area contributed by atoms with E-state index in [4.69, 9.17) is 16.2 Å². The van der Waals surface area contributed by atoms with Gasteiger partial charge in [0.1, 0.15) is 18.1 Å². The van der Waals surface area contributed by atoms with Crippen LogP contribution in [0, 0.1) is 0 Å². The predicted molar refractivity (Wildman–Crippen MR) is 44.9 cm³/mol. The number of phenolic OH excluding ortho intramolecular Hbond substituents is 1. The monoisotopic (exact) mass is 166 g/mol. The number of rotatable bonds is 0. The summed E-state index contributed by atoms with van der Waals surface area (Å²) in [6, 6.07) is 3.01. The van der Waals surface area contributed by atoms with Crippen molar-refractivity contribution >= 4 is 5.69 Å². The summed E-state index contributed by atoms with van der Waals surface area (Å²) >= 11 is 0. The largest absolute Gasteiger partial charge is 0.506 e. The second-order valence-electron chi connectivity index (χ2n) is 2.87. The van der Waals surface area contributed by atoms with Crippen LogP contribution in [0.2, 0.25) is 0 Å². The molecule has 0 aliphatic carbocycles. The van der Waals surface area contributed by atoms with Crippen molar-refractivity contribution in [3.63, 3.8) is 0 Å². The number of hydrogen-bond acceptors (Lipinski definition) is 4. The summed E-state index contributed by atoms with van der Waals surface area (Å²) in [4.78, 5) is 0. The second-order valence-corrected chi connectivity index (χ2v) is 2.87. The van der Waals surface area contributed by atoms with E-state index in [1.165, 1.54) is 0 Å². The summed E-state index contributed by atoms with van der Waals surface area (Å²) in [5, 5.41) is 9.27. The molecule has 1 heterocycles. The Morgan fingerprint density at radius 3 is 3.00 bits per heavy atom. The Bertz CT molecular complexity index is 325. The highest BCUT2D eigenvalue weighted by Crippen LogP contribution is 2.37. The van der Waals surface area contributed by atoms with Gasteiger partial charge in [-0.25, -0.2) is 0 Å². The fourth-order valence-electron chi connectivity index (χ4n) is 1.28. The van der Waals surface area contributed by atoms with Crippen molar-refractivity contribution in [1.82, 2.24) is 0 Å². The van der Waals surface area contributed by atoms with Gasteiger partial charge in [-0.05, 0) is 6.07 Å². The van der Waals surface area contributed by atoms with Gasteiger partial charge in [0.25, 0.3) is 0 Å². The van der Waals surface area contributed by atoms with Gasteiger partial charge >= 0.3 is 0 Å². The molecule has 0 bridgehead atoms. The van der Waals surface area contributed by atoms with Gasteiger partial charge in [0, 0.05) is 11.6 Å². The molecule has 64 valence electrons. The van der Waals surface area contributed by atoms with Crippen molar-refractivity contribution in [3.05, 3.63) is 17.7 Å². The predicted octanol–water partition coefficient (Wildman–Crippen LogP) is 0.367. The molecule has 12 heavy (non-hydrogen) atoms. The number of nitrogens with two attached hydrogens (primary N) is 2. The van der Waals surface area contributed by atoms with E-state index in [-0.39, 0.29) is 11.8 Å². The number of hydrogen-bond donors (Lipinski definition) is 3. The molecule has 0 unspecified atom stereocenters. The molecule has 0 radical (unpaired) electrons. The van der Waals surface area contributed by atoms with Gasteiger partial charge in [-0.3, -0.25) is 0 Å². The molecule has 0 saturated heterocycles. The first-order chi connectivity index (χ1) is 5.68. The summed E-state index contributed by atoms with van der Waals surface area (Å²) < 4.78 is 5.23. The van der Waals surface area contributed by atoms with E-state index in [0.717, 1.165) is 5.56 Å². The number of aromatic hydroxyl groups is 1. The highest BCUT2D eigenvalue weighted by Gasteiger charge is 2.21. The molecule has 4 nitrogen and oxygen atoms in total. The lowest BCUT2D eigenvalue weighted by Gasteiger charge is -2.03. The van der Waals surface area contributed by atoms with Crippen LogP contribution in [0.4, 0.5) is 5.69 Å². The van der Waals surface area contributed by atoms with Gasteiger partial charge < -0.3 is 21.3 Å². The quantitative estimate of drug-likeness (QED) is 0.384. The van der Waals surface area contributed by atoms with Crippen molar-refractivity contribution in [2.75, 3.05) is 12.3 Å². The van der Waals surface area contributed by atoms with Gasteiger partial charge in [0.2, 0.25) is 0 Å². The second kappa shape index (κ2) is 2.28. The molecule has 0 fully saturated rings. The van der Waals surface area contributed by atoms with Crippen LogP contribution >= 0.6 is 0 Å². The maximum atomic E-state index is 9.27. The zero-order chi connectivity index (χ0) is 8.72. The molecule has 1 atom stereocenters. The van der Waals surface area contributed by atoms with Crippen LogP contribution in [-0.2, 0) is 0 Å². The Balaban J connectivity index is 2.56. The van der Waals surface area contributed by atoms with E-state index < -0.39 is 0 Å². The number of anilines is 1. The minimum Gasteiger partial charge on any atom is -0.506 e. The molecule has 1 aliphatic heterocycles. The summed E-state index contributed by atoms with van der Waals surface area (Å²) in [7, 11) is 0. The minimum absolute atomic E-state index is 0.0645. The Labute approximate surface area is 69.7 Å². The topological polar surface area (TPSA) is 81.5 Å². The van der Waals surface area contributed by atoms with Gasteiger partial charge in [-0.15, -0.1) is 0 Å². The molecule has 1 aromatic rings. The molecule has 0 saturated carbocycles. The van der Waals surface area contributed by atoms with Crippen molar-refractivity contribution in [3.8, 4) is 11.5 Å². The van der Waals surface area contributed by atoms with Gasteiger partial charge in [-0.2, -0.15) is 0 Å². The summed E-state index contributed by atoms with van der Waals surface area (Å²) in [5.41, 5.74) is 12.3. The third-order valence-corrected chi connectivity index (χ3v) is 1.98. The molecule has 2 rings (SSSR count). The minimum atomic E-state index is -0.147. The molecule has 0 amide bonds. The highest BCUT2D eigenvalue weighted by atomic mass is 16.5. The van der Waals surface area contributed by atoms with E-state index in [1.54, 1.807) is 12.1 Å². The van der Waals surface area contributed by atoms with E-state index in [0.29, 0.717) is 18.0 Å². The number of fused-ring (bicyclic) bond motifs is 1. The van der Waals surface area contributed by atoms with Crippen LogP contribution in [0.5, 0.6) is 11.5 Å². The normalized spacial score (nSPS) is 20.2. The standard InChI is InChI=1S/C8H10N2O2/c9-5-2-8-4(1-7(5)11)6(10)3-12-8/h1-2,6,11H,3,9-10H2/t6-/m1/s1. The molecule has 1 aromatic carbocycles. The van der Waals surface area contributed by atoms with Crippen LogP contribution < -0.4 is 16.2 Å². The maximum Gasteiger partial charge on any atom is 0.139 e. The summed E-state index contributed by atoms with van der Waals surface area (Å²) in [6.07, 6.45) is 0. The highest BCUT2D eigenvalue weighted by molar-refractivity contribution is 5.60. The lowest BCUT2D eigenvalue weighted by molar-refractivity contribution is 0.333. The van der Waals surface area contributed by atoms with Crippen molar-refractivity contribution < 1.29 is 9.84 Å². The lowest BCUT2D eigenvalue weighted by atomic mass is 10.1. The third kappa shape index (κ3) is 0.887.